The van der Waals surface area contributed by atoms with Gasteiger partial charge in [-0.2, -0.15) is 0 Å². The summed E-state index contributed by atoms with van der Waals surface area (Å²) < 4.78 is 5.25. The minimum Gasteiger partial charge on any atom is -0.396 e. The fraction of sp³-hybridized carbons (Fsp3) is 0.588. The minimum atomic E-state index is -0.454. The van der Waals surface area contributed by atoms with Gasteiger partial charge in [0.05, 0.1) is 16.6 Å². The molecule has 0 spiro atoms. The van der Waals surface area contributed by atoms with Crippen LogP contribution in [0.4, 0.5) is 0 Å². The van der Waals surface area contributed by atoms with Crippen molar-refractivity contribution in [3.8, 4) is 0 Å². The molecule has 0 fully saturated rings. The summed E-state index contributed by atoms with van der Waals surface area (Å²) in [6, 6.07) is 1.81. The molecule has 0 aliphatic heterocycles. The number of aliphatic hydroxyl groups excluding tert-OH is 1. The van der Waals surface area contributed by atoms with Gasteiger partial charge in [-0.1, -0.05) is 25.9 Å². The maximum absolute atomic E-state index is 12.8. The second-order valence-electron chi connectivity index (χ2n) is 6.54. The second kappa shape index (κ2) is 6.66. The summed E-state index contributed by atoms with van der Waals surface area (Å²) in [6.45, 7) is 9.78. The monoisotopic (exact) mass is 319 g/mol. The zero-order valence-corrected chi connectivity index (χ0v) is 14.4. The average molecular weight is 319 g/mol. The number of aromatic nitrogens is 2. The molecule has 0 aliphatic carbocycles. The second-order valence-corrected chi connectivity index (χ2v) is 6.54. The molecule has 1 unspecified atom stereocenters. The molecule has 0 aromatic carbocycles. The Bertz CT molecular complexity index is 708. The van der Waals surface area contributed by atoms with Gasteiger partial charge in [-0.15, -0.1) is 0 Å². The van der Waals surface area contributed by atoms with Crippen LogP contribution in [0.2, 0.25) is 0 Å². The van der Waals surface area contributed by atoms with Crippen LogP contribution in [0.25, 0.3) is 11.1 Å². The van der Waals surface area contributed by atoms with Crippen LogP contribution < -0.4 is 5.32 Å². The number of pyridine rings is 1. The maximum atomic E-state index is 12.8. The number of carbonyl (C=O) groups is 1. The van der Waals surface area contributed by atoms with Gasteiger partial charge in [0.2, 0.25) is 0 Å². The van der Waals surface area contributed by atoms with Gasteiger partial charge < -0.3 is 14.9 Å². The molecule has 2 aromatic heterocycles. The van der Waals surface area contributed by atoms with Crippen LogP contribution in [-0.2, 0) is 0 Å². The Kier molecular flexibility index (Phi) is 5.04. The summed E-state index contributed by atoms with van der Waals surface area (Å²) >= 11 is 0. The van der Waals surface area contributed by atoms with Crippen molar-refractivity contribution in [1.29, 1.82) is 0 Å². The van der Waals surface area contributed by atoms with Crippen LogP contribution in [0.5, 0.6) is 0 Å². The Hall–Kier alpha value is -1.95. The van der Waals surface area contributed by atoms with E-state index < -0.39 is 5.54 Å². The number of fused-ring (bicyclic) bond motifs is 1. The van der Waals surface area contributed by atoms with E-state index in [1.807, 2.05) is 33.8 Å². The first-order valence-electron chi connectivity index (χ1n) is 8.01. The predicted octanol–water partition coefficient (Wildman–Crippen LogP) is 2.94. The average Bonchev–Trinajstić information content (AvgIpc) is 2.88. The topological polar surface area (TPSA) is 88.2 Å². The summed E-state index contributed by atoms with van der Waals surface area (Å²) in [5.74, 6) is -0.0187. The van der Waals surface area contributed by atoms with Gasteiger partial charge in [0.15, 0.2) is 0 Å². The highest BCUT2D eigenvalue weighted by atomic mass is 16.5. The highest BCUT2D eigenvalue weighted by Gasteiger charge is 2.27. The third-order valence-corrected chi connectivity index (χ3v) is 4.33. The molecule has 1 atom stereocenters. The molecule has 6 nitrogen and oxygen atoms in total. The van der Waals surface area contributed by atoms with Crippen molar-refractivity contribution in [2.45, 2.75) is 58.9 Å². The number of carbonyl (C=O) groups excluding carboxylic acids is 1. The van der Waals surface area contributed by atoms with Crippen molar-refractivity contribution in [1.82, 2.24) is 15.5 Å². The van der Waals surface area contributed by atoms with Crippen molar-refractivity contribution in [3.63, 3.8) is 0 Å². The molecule has 0 radical (unpaired) electrons. The molecular formula is C17H25N3O3. The fourth-order valence-corrected chi connectivity index (χ4v) is 2.50. The van der Waals surface area contributed by atoms with Crippen LogP contribution in [0.3, 0.4) is 0 Å². The van der Waals surface area contributed by atoms with E-state index in [9.17, 15) is 9.90 Å². The molecule has 126 valence electrons. The molecule has 0 bridgehead atoms. The van der Waals surface area contributed by atoms with Crippen LogP contribution >= 0.6 is 0 Å². The van der Waals surface area contributed by atoms with E-state index in [0.29, 0.717) is 28.8 Å². The number of aliphatic hydroxyl groups is 1. The molecule has 0 aliphatic rings. The molecule has 2 aromatic rings. The molecule has 0 saturated carbocycles. The first-order chi connectivity index (χ1) is 10.8. The first-order valence-corrected chi connectivity index (χ1v) is 8.01. The van der Waals surface area contributed by atoms with Crippen molar-refractivity contribution in [2.24, 2.45) is 0 Å². The lowest BCUT2D eigenvalue weighted by molar-refractivity contribution is 0.0887. The van der Waals surface area contributed by atoms with Crippen LogP contribution in [-0.4, -0.2) is 33.3 Å². The van der Waals surface area contributed by atoms with Crippen molar-refractivity contribution in [3.05, 3.63) is 23.0 Å². The Morgan fingerprint density at radius 2 is 2.17 bits per heavy atom. The van der Waals surface area contributed by atoms with Crippen molar-refractivity contribution < 1.29 is 14.4 Å². The number of hydrogen-bond acceptors (Lipinski definition) is 5. The predicted molar refractivity (Wildman–Crippen MR) is 88.5 cm³/mol. The summed E-state index contributed by atoms with van der Waals surface area (Å²) in [5, 5.41) is 16.9. The Morgan fingerprint density at radius 3 is 2.74 bits per heavy atom. The molecule has 6 heteroatoms. The summed E-state index contributed by atoms with van der Waals surface area (Å²) in [7, 11) is 0. The SMILES string of the molecule is CCC(C)(CCO)NC(=O)c1cc(C(C)C)nc2onc(C)c12. The lowest BCUT2D eigenvalue weighted by atomic mass is 9.94. The van der Waals surface area contributed by atoms with Crippen molar-refractivity contribution >= 4 is 17.0 Å². The molecule has 23 heavy (non-hydrogen) atoms. The van der Waals surface area contributed by atoms with E-state index in [2.05, 4.69) is 15.5 Å². The third kappa shape index (κ3) is 3.52. The van der Waals surface area contributed by atoms with Gasteiger partial charge in [0.25, 0.3) is 11.6 Å². The number of nitrogens with zero attached hydrogens (tertiary/aromatic N) is 2. The first kappa shape index (κ1) is 17.4. The van der Waals surface area contributed by atoms with Gasteiger partial charge in [0.1, 0.15) is 0 Å². The lowest BCUT2D eigenvalue weighted by Gasteiger charge is -2.29. The largest absolute Gasteiger partial charge is 0.396 e. The van der Waals surface area contributed by atoms with Crippen LogP contribution in [0.1, 0.15) is 68.2 Å². The summed E-state index contributed by atoms with van der Waals surface area (Å²) in [4.78, 5) is 17.3. The normalized spacial score (nSPS) is 14.2. The Balaban J connectivity index is 2.48. The zero-order chi connectivity index (χ0) is 17.2. The number of aryl methyl sites for hydroxylation is 1. The fourth-order valence-electron chi connectivity index (χ4n) is 2.50. The molecule has 0 saturated heterocycles. The van der Waals surface area contributed by atoms with E-state index in [-0.39, 0.29) is 18.4 Å². The number of hydrogen-bond donors (Lipinski definition) is 2. The van der Waals surface area contributed by atoms with E-state index in [1.54, 1.807) is 6.92 Å². The Labute approximate surface area is 136 Å². The van der Waals surface area contributed by atoms with Gasteiger partial charge in [-0.3, -0.25) is 4.79 Å². The van der Waals surface area contributed by atoms with Gasteiger partial charge in [-0.25, -0.2) is 4.98 Å². The quantitative estimate of drug-likeness (QED) is 0.854. The summed E-state index contributed by atoms with van der Waals surface area (Å²) in [6.07, 6.45) is 1.23. The van der Waals surface area contributed by atoms with E-state index >= 15 is 0 Å². The van der Waals surface area contributed by atoms with E-state index in [1.165, 1.54) is 0 Å². The molecule has 1 amide bonds. The highest BCUT2D eigenvalue weighted by molar-refractivity contribution is 6.06. The highest BCUT2D eigenvalue weighted by Crippen LogP contribution is 2.26. The van der Waals surface area contributed by atoms with Crippen LogP contribution in [0, 0.1) is 6.92 Å². The smallest absolute Gasteiger partial charge is 0.259 e. The summed E-state index contributed by atoms with van der Waals surface area (Å²) in [5.41, 5.74) is 1.89. The van der Waals surface area contributed by atoms with E-state index in [0.717, 1.165) is 12.1 Å². The van der Waals surface area contributed by atoms with Gasteiger partial charge >= 0.3 is 0 Å². The van der Waals surface area contributed by atoms with Gasteiger partial charge in [-0.05, 0) is 38.7 Å². The third-order valence-electron chi connectivity index (χ3n) is 4.33. The van der Waals surface area contributed by atoms with Crippen LogP contribution in [0.15, 0.2) is 10.6 Å². The molecule has 2 N–H and O–H groups in total. The molecular weight excluding hydrogens is 294 g/mol. The van der Waals surface area contributed by atoms with E-state index in [4.69, 9.17) is 4.52 Å². The lowest BCUT2D eigenvalue weighted by Crippen LogP contribution is -2.46. The molecule has 2 rings (SSSR count). The zero-order valence-electron chi connectivity index (χ0n) is 14.4. The van der Waals surface area contributed by atoms with Gasteiger partial charge in [0, 0.05) is 17.8 Å². The van der Waals surface area contributed by atoms with Crippen molar-refractivity contribution in [2.75, 3.05) is 6.61 Å². The Morgan fingerprint density at radius 1 is 1.48 bits per heavy atom. The number of rotatable bonds is 6. The minimum absolute atomic E-state index is 0.0277. The maximum Gasteiger partial charge on any atom is 0.259 e. The number of amides is 1. The number of nitrogens with one attached hydrogen (secondary N) is 1. The standard InChI is InChI=1S/C17H25N3O3/c1-6-17(5,7-8-21)19-15(22)12-9-13(10(2)3)18-16-14(12)11(4)20-23-16/h9-10,21H,6-8H2,1-5H3,(H,19,22). The molecule has 2 heterocycles.